The number of hydrogen-bond donors (Lipinski definition) is 0. The van der Waals surface area contributed by atoms with Crippen LogP contribution in [0.15, 0.2) is 72.8 Å². The van der Waals surface area contributed by atoms with E-state index in [1.807, 2.05) is 60.7 Å². The van der Waals surface area contributed by atoms with Crippen molar-refractivity contribution in [2.24, 2.45) is 0 Å². The number of methoxy groups -OCH3 is 1. The van der Waals surface area contributed by atoms with Gasteiger partial charge in [0.1, 0.15) is 6.04 Å². The van der Waals surface area contributed by atoms with Crippen molar-refractivity contribution in [3.63, 3.8) is 0 Å². The molecule has 0 N–H and O–H groups in total. The molecule has 1 aliphatic heterocycles. The van der Waals surface area contributed by atoms with E-state index in [-0.39, 0.29) is 12.5 Å². The van der Waals surface area contributed by atoms with Crippen LogP contribution in [-0.2, 0) is 14.3 Å². The normalized spacial score (nSPS) is 15.4. The fraction of sp³-hybridized carbons (Fsp3) is 0.308. The maximum absolute atomic E-state index is 13.5. The second-order valence-electron chi connectivity index (χ2n) is 8.06. The standard InChI is InChI=1S/C26H29N3O3/c1-20(26(31)32-2)29(24-14-8-10-21-9-6-7-13-23(21)24)25(30)19-27-15-17-28(18-16-27)22-11-4-3-5-12-22/h3-14,20H,15-19H2,1-2H3/t20-/m0/s1. The molecule has 3 aromatic carbocycles. The lowest BCUT2D eigenvalue weighted by Crippen LogP contribution is -2.52. The molecule has 1 aliphatic rings. The van der Waals surface area contributed by atoms with Crippen LogP contribution in [0, 0.1) is 0 Å². The molecule has 0 unspecified atom stereocenters. The van der Waals surface area contributed by atoms with E-state index < -0.39 is 12.0 Å². The van der Waals surface area contributed by atoms with Gasteiger partial charge in [-0.15, -0.1) is 0 Å². The third-order valence-corrected chi connectivity index (χ3v) is 6.08. The van der Waals surface area contributed by atoms with Crippen molar-refractivity contribution in [2.75, 3.05) is 49.6 Å². The summed E-state index contributed by atoms with van der Waals surface area (Å²) in [5.41, 5.74) is 1.93. The van der Waals surface area contributed by atoms with E-state index in [4.69, 9.17) is 4.74 Å². The first-order valence-electron chi connectivity index (χ1n) is 11.0. The summed E-state index contributed by atoms with van der Waals surface area (Å²) >= 11 is 0. The van der Waals surface area contributed by atoms with Crippen molar-refractivity contribution >= 4 is 34.0 Å². The number of anilines is 2. The molecule has 6 nitrogen and oxygen atoms in total. The first kappa shape index (κ1) is 21.8. The number of ether oxygens (including phenoxy) is 1. The number of carbonyl (C=O) groups is 2. The molecule has 1 saturated heterocycles. The van der Waals surface area contributed by atoms with Gasteiger partial charge in [-0.1, -0.05) is 54.6 Å². The van der Waals surface area contributed by atoms with Crippen LogP contribution < -0.4 is 9.80 Å². The Morgan fingerprint density at radius 3 is 2.28 bits per heavy atom. The molecule has 1 heterocycles. The average molecular weight is 432 g/mol. The second-order valence-corrected chi connectivity index (χ2v) is 8.06. The number of rotatable bonds is 6. The predicted octanol–water partition coefficient (Wildman–Crippen LogP) is 3.56. The fourth-order valence-electron chi connectivity index (χ4n) is 4.32. The van der Waals surface area contributed by atoms with Crippen LogP contribution in [0.25, 0.3) is 10.8 Å². The Morgan fingerprint density at radius 1 is 0.906 bits per heavy atom. The van der Waals surface area contributed by atoms with Crippen LogP contribution in [0.2, 0.25) is 0 Å². The van der Waals surface area contributed by atoms with Gasteiger partial charge in [0.15, 0.2) is 0 Å². The van der Waals surface area contributed by atoms with Crippen molar-refractivity contribution in [2.45, 2.75) is 13.0 Å². The SMILES string of the molecule is COC(=O)[C@H](C)N(C(=O)CN1CCN(c2ccccc2)CC1)c1cccc2ccccc12. The van der Waals surface area contributed by atoms with Crippen LogP contribution >= 0.6 is 0 Å². The topological polar surface area (TPSA) is 53.1 Å². The maximum atomic E-state index is 13.5. The number of benzene rings is 3. The van der Waals surface area contributed by atoms with Gasteiger partial charge in [0.05, 0.1) is 19.3 Å². The molecule has 0 aromatic heterocycles. The summed E-state index contributed by atoms with van der Waals surface area (Å²) in [5.74, 6) is -0.535. The summed E-state index contributed by atoms with van der Waals surface area (Å²) in [6, 6.07) is 23.3. The molecule has 0 spiro atoms. The smallest absolute Gasteiger partial charge is 0.328 e. The highest BCUT2D eigenvalue weighted by molar-refractivity contribution is 6.07. The van der Waals surface area contributed by atoms with E-state index in [2.05, 4.69) is 21.9 Å². The van der Waals surface area contributed by atoms with E-state index in [1.165, 1.54) is 12.8 Å². The van der Waals surface area contributed by atoms with E-state index in [9.17, 15) is 9.59 Å². The minimum Gasteiger partial charge on any atom is -0.467 e. The molecular formula is C26H29N3O3. The zero-order chi connectivity index (χ0) is 22.5. The van der Waals surface area contributed by atoms with E-state index in [0.29, 0.717) is 0 Å². The van der Waals surface area contributed by atoms with Gasteiger partial charge in [-0.3, -0.25) is 14.6 Å². The van der Waals surface area contributed by atoms with Crippen molar-refractivity contribution < 1.29 is 14.3 Å². The molecule has 0 aliphatic carbocycles. The summed E-state index contributed by atoms with van der Waals surface area (Å²) in [7, 11) is 1.35. The van der Waals surface area contributed by atoms with Crippen LogP contribution in [-0.4, -0.2) is 62.7 Å². The summed E-state index contributed by atoms with van der Waals surface area (Å²) < 4.78 is 4.98. The minimum absolute atomic E-state index is 0.104. The quantitative estimate of drug-likeness (QED) is 0.559. The minimum atomic E-state index is -0.719. The third-order valence-electron chi connectivity index (χ3n) is 6.08. The van der Waals surface area contributed by atoms with Crippen molar-refractivity contribution in [3.8, 4) is 0 Å². The van der Waals surface area contributed by atoms with E-state index in [0.717, 1.165) is 42.6 Å². The molecule has 166 valence electrons. The lowest BCUT2D eigenvalue weighted by Gasteiger charge is -2.37. The lowest BCUT2D eigenvalue weighted by molar-refractivity contribution is -0.143. The number of esters is 1. The number of amides is 1. The largest absolute Gasteiger partial charge is 0.467 e. The monoisotopic (exact) mass is 431 g/mol. The summed E-state index contributed by atoms with van der Waals surface area (Å²) in [6.07, 6.45) is 0. The predicted molar refractivity (Wildman–Crippen MR) is 128 cm³/mol. The number of carbonyl (C=O) groups excluding carboxylic acids is 2. The number of hydrogen-bond acceptors (Lipinski definition) is 5. The molecule has 3 aromatic rings. The van der Waals surface area contributed by atoms with Crippen LogP contribution in [0.4, 0.5) is 11.4 Å². The molecule has 6 heteroatoms. The number of para-hydroxylation sites is 1. The van der Waals surface area contributed by atoms with E-state index in [1.54, 1.807) is 11.8 Å². The molecule has 1 amide bonds. The highest BCUT2D eigenvalue weighted by Gasteiger charge is 2.31. The van der Waals surface area contributed by atoms with Gasteiger partial charge in [-0.05, 0) is 30.5 Å². The van der Waals surface area contributed by atoms with Gasteiger partial charge in [0.25, 0.3) is 0 Å². The molecule has 0 bridgehead atoms. The Morgan fingerprint density at radius 2 is 1.56 bits per heavy atom. The molecule has 4 rings (SSSR count). The molecule has 1 atom stereocenters. The number of nitrogens with zero attached hydrogens (tertiary/aromatic N) is 3. The van der Waals surface area contributed by atoms with Crippen LogP contribution in [0.3, 0.4) is 0 Å². The Balaban J connectivity index is 1.53. The van der Waals surface area contributed by atoms with Crippen molar-refractivity contribution in [3.05, 3.63) is 72.8 Å². The zero-order valence-corrected chi connectivity index (χ0v) is 18.6. The molecule has 1 fully saturated rings. The number of piperazine rings is 1. The Hall–Kier alpha value is -3.38. The molecule has 32 heavy (non-hydrogen) atoms. The first-order valence-corrected chi connectivity index (χ1v) is 11.0. The Kier molecular flexibility index (Phi) is 6.71. The highest BCUT2D eigenvalue weighted by atomic mass is 16.5. The first-order chi connectivity index (χ1) is 15.6. The van der Waals surface area contributed by atoms with Gasteiger partial charge < -0.3 is 9.64 Å². The average Bonchev–Trinajstić information content (AvgIpc) is 2.84. The van der Waals surface area contributed by atoms with Gasteiger partial charge >= 0.3 is 5.97 Å². The van der Waals surface area contributed by atoms with Crippen molar-refractivity contribution in [1.82, 2.24) is 4.90 Å². The Labute approximate surface area is 189 Å². The van der Waals surface area contributed by atoms with Gasteiger partial charge in [-0.25, -0.2) is 4.79 Å². The molecule has 0 saturated carbocycles. The molecule has 0 radical (unpaired) electrons. The summed E-state index contributed by atoms with van der Waals surface area (Å²) in [6.45, 7) is 5.27. The van der Waals surface area contributed by atoms with Gasteiger partial charge in [0, 0.05) is 37.3 Å². The van der Waals surface area contributed by atoms with Crippen molar-refractivity contribution in [1.29, 1.82) is 0 Å². The van der Waals surface area contributed by atoms with Gasteiger partial charge in [-0.2, -0.15) is 0 Å². The third kappa shape index (κ3) is 4.60. The fourth-order valence-corrected chi connectivity index (χ4v) is 4.32. The van der Waals surface area contributed by atoms with Crippen LogP contribution in [0.5, 0.6) is 0 Å². The lowest BCUT2D eigenvalue weighted by atomic mass is 10.1. The van der Waals surface area contributed by atoms with Gasteiger partial charge in [0.2, 0.25) is 5.91 Å². The highest BCUT2D eigenvalue weighted by Crippen LogP contribution is 2.29. The van der Waals surface area contributed by atoms with Crippen LogP contribution in [0.1, 0.15) is 6.92 Å². The summed E-state index contributed by atoms with van der Waals surface area (Å²) in [4.78, 5) is 32.0. The molecular weight excluding hydrogens is 402 g/mol. The van der Waals surface area contributed by atoms with E-state index >= 15 is 0 Å². The maximum Gasteiger partial charge on any atom is 0.328 e. The second kappa shape index (κ2) is 9.83. The summed E-state index contributed by atoms with van der Waals surface area (Å²) in [5, 5.41) is 1.96. The zero-order valence-electron chi connectivity index (χ0n) is 18.6. The Bertz CT molecular complexity index is 1070. The number of fused-ring (bicyclic) bond motifs is 1.